The third-order valence-corrected chi connectivity index (χ3v) is 3.85. The lowest BCUT2D eigenvalue weighted by Crippen LogP contribution is -1.89. The zero-order chi connectivity index (χ0) is 13.4. The number of thiophene rings is 1. The van der Waals surface area contributed by atoms with E-state index in [0.717, 1.165) is 27.2 Å². The fourth-order valence-corrected chi connectivity index (χ4v) is 2.68. The van der Waals surface area contributed by atoms with Crippen LogP contribution in [0.15, 0.2) is 52.5 Å². The van der Waals surface area contributed by atoms with Gasteiger partial charge in [-0.05, 0) is 29.6 Å². The van der Waals surface area contributed by atoms with Crippen LogP contribution in [0.5, 0.6) is 0 Å². The lowest BCUT2D eigenvalue weighted by atomic mass is 10.2. The second-order valence-corrected chi connectivity index (χ2v) is 5.25. The third kappa shape index (κ3) is 1.96. The molecule has 98 valence electrons. The minimum atomic E-state index is 0.483. The predicted octanol–water partition coefficient (Wildman–Crippen LogP) is 4.02. The molecule has 5 nitrogen and oxygen atoms in total. The molecule has 6 heteroatoms. The van der Waals surface area contributed by atoms with Crippen molar-refractivity contribution >= 4 is 33.9 Å². The van der Waals surface area contributed by atoms with Gasteiger partial charge in [-0.15, -0.1) is 11.3 Å². The third-order valence-electron chi connectivity index (χ3n) is 2.96. The summed E-state index contributed by atoms with van der Waals surface area (Å²) in [7, 11) is 0. The fraction of sp³-hybridized carbons (Fsp3) is 0. The second kappa shape index (κ2) is 4.50. The molecule has 4 aromatic rings. The smallest absolute Gasteiger partial charge is 0.299 e. The number of nitrogens with one attached hydrogen (secondary N) is 2. The van der Waals surface area contributed by atoms with Crippen molar-refractivity contribution in [3.05, 3.63) is 48.1 Å². The molecule has 4 rings (SSSR count). The van der Waals surface area contributed by atoms with E-state index in [-0.39, 0.29) is 0 Å². The fourth-order valence-electron chi connectivity index (χ4n) is 2.01. The molecule has 0 saturated heterocycles. The number of hydrogen-bond donors (Lipinski definition) is 2. The Labute approximate surface area is 118 Å². The Balaban J connectivity index is 1.62. The molecule has 3 heterocycles. The maximum absolute atomic E-state index is 5.69. The van der Waals surface area contributed by atoms with Crippen molar-refractivity contribution < 1.29 is 4.42 Å². The van der Waals surface area contributed by atoms with Gasteiger partial charge in [0.1, 0.15) is 0 Å². The molecule has 0 aliphatic rings. The molecule has 0 bridgehead atoms. The van der Waals surface area contributed by atoms with Crippen molar-refractivity contribution in [3.8, 4) is 10.6 Å². The van der Waals surface area contributed by atoms with E-state index in [2.05, 4.69) is 20.5 Å². The summed E-state index contributed by atoms with van der Waals surface area (Å²) in [6, 6.07) is 10.4. The minimum Gasteiger partial charge on any atom is -0.422 e. The Kier molecular flexibility index (Phi) is 2.53. The Hall–Kier alpha value is -2.60. The largest absolute Gasteiger partial charge is 0.422 e. The highest BCUT2D eigenvalue weighted by atomic mass is 32.1. The van der Waals surface area contributed by atoms with Crippen molar-refractivity contribution in [3.63, 3.8) is 0 Å². The molecule has 0 unspecified atom stereocenters. The van der Waals surface area contributed by atoms with Gasteiger partial charge < -0.3 is 9.73 Å². The second-order valence-electron chi connectivity index (χ2n) is 4.30. The maximum Gasteiger partial charge on any atom is 0.299 e. The maximum atomic E-state index is 5.69. The van der Waals surface area contributed by atoms with Gasteiger partial charge in [0.25, 0.3) is 6.01 Å². The van der Waals surface area contributed by atoms with Crippen molar-refractivity contribution in [1.82, 2.24) is 15.2 Å². The lowest BCUT2D eigenvalue weighted by Gasteiger charge is -2.01. The number of hydrogen-bond acceptors (Lipinski definition) is 5. The van der Waals surface area contributed by atoms with Gasteiger partial charge in [0.15, 0.2) is 5.76 Å². The number of benzene rings is 1. The summed E-state index contributed by atoms with van der Waals surface area (Å²) in [5.74, 6) is 0.770. The molecule has 0 atom stereocenters. The SMILES string of the molecule is c1csc(-c2cnc(Nc3ccc4[nH]ncc4c3)o2)c1. The van der Waals surface area contributed by atoms with E-state index in [1.165, 1.54) is 0 Å². The molecule has 20 heavy (non-hydrogen) atoms. The first kappa shape index (κ1) is 11.2. The standard InChI is InChI=1S/C14H10N4OS/c1-2-13(20-5-1)12-8-15-14(19-12)17-10-3-4-11-9(6-10)7-16-18-11/h1-8H,(H,15,17)(H,16,18). The summed E-state index contributed by atoms with van der Waals surface area (Å²) >= 11 is 1.62. The topological polar surface area (TPSA) is 66.7 Å². The van der Waals surface area contributed by atoms with Gasteiger partial charge in [-0.1, -0.05) is 6.07 Å². The highest BCUT2D eigenvalue weighted by Crippen LogP contribution is 2.28. The van der Waals surface area contributed by atoms with Crippen LogP contribution in [0.25, 0.3) is 21.5 Å². The van der Waals surface area contributed by atoms with Crippen molar-refractivity contribution in [2.45, 2.75) is 0 Å². The van der Waals surface area contributed by atoms with Crippen LogP contribution in [0.1, 0.15) is 0 Å². The molecule has 0 aliphatic heterocycles. The van der Waals surface area contributed by atoms with Crippen LogP contribution in [0.2, 0.25) is 0 Å². The van der Waals surface area contributed by atoms with E-state index in [0.29, 0.717) is 6.01 Å². The van der Waals surface area contributed by atoms with Gasteiger partial charge in [-0.3, -0.25) is 5.10 Å². The van der Waals surface area contributed by atoms with Crippen LogP contribution < -0.4 is 5.32 Å². The van der Waals surface area contributed by atoms with Crippen LogP contribution in [0.4, 0.5) is 11.7 Å². The minimum absolute atomic E-state index is 0.483. The van der Waals surface area contributed by atoms with Gasteiger partial charge in [0, 0.05) is 11.1 Å². The summed E-state index contributed by atoms with van der Waals surface area (Å²) in [5.41, 5.74) is 1.92. The van der Waals surface area contributed by atoms with E-state index in [4.69, 9.17) is 4.42 Å². The Morgan fingerprint density at radius 1 is 1.20 bits per heavy atom. The predicted molar refractivity (Wildman–Crippen MR) is 79.2 cm³/mol. The van der Waals surface area contributed by atoms with Crippen molar-refractivity contribution in [2.75, 3.05) is 5.32 Å². The van der Waals surface area contributed by atoms with Crippen LogP contribution in [-0.4, -0.2) is 15.2 Å². The van der Waals surface area contributed by atoms with Gasteiger partial charge in [0.05, 0.1) is 22.8 Å². The van der Waals surface area contributed by atoms with E-state index in [1.807, 2.05) is 35.7 Å². The number of fused-ring (bicyclic) bond motifs is 1. The average Bonchev–Trinajstić information content (AvgIpc) is 3.19. The van der Waals surface area contributed by atoms with Crippen LogP contribution in [0, 0.1) is 0 Å². The van der Waals surface area contributed by atoms with Crippen LogP contribution in [0.3, 0.4) is 0 Å². The molecule has 1 aromatic carbocycles. The molecule has 2 N–H and O–H groups in total. The first-order chi connectivity index (χ1) is 9.88. The molecular formula is C14H10N4OS. The van der Waals surface area contributed by atoms with Crippen molar-refractivity contribution in [2.24, 2.45) is 0 Å². The number of anilines is 2. The molecule has 0 amide bonds. The van der Waals surface area contributed by atoms with Gasteiger partial charge in [0.2, 0.25) is 0 Å². The normalized spacial score (nSPS) is 11.0. The molecule has 3 aromatic heterocycles. The zero-order valence-corrected chi connectivity index (χ0v) is 11.1. The summed E-state index contributed by atoms with van der Waals surface area (Å²) in [4.78, 5) is 5.31. The van der Waals surface area contributed by atoms with E-state index < -0.39 is 0 Å². The number of aromatic amines is 1. The summed E-state index contributed by atoms with van der Waals surface area (Å²) < 4.78 is 5.69. The van der Waals surface area contributed by atoms with Crippen molar-refractivity contribution in [1.29, 1.82) is 0 Å². The monoisotopic (exact) mass is 282 g/mol. The Morgan fingerprint density at radius 3 is 3.10 bits per heavy atom. The molecule has 0 saturated carbocycles. The first-order valence-corrected chi connectivity index (χ1v) is 6.96. The summed E-state index contributed by atoms with van der Waals surface area (Å²) in [6.45, 7) is 0. The van der Waals surface area contributed by atoms with Crippen LogP contribution >= 0.6 is 11.3 Å². The first-order valence-electron chi connectivity index (χ1n) is 6.08. The number of nitrogens with zero attached hydrogens (tertiary/aromatic N) is 2. The van der Waals surface area contributed by atoms with Gasteiger partial charge in [-0.2, -0.15) is 5.10 Å². The highest BCUT2D eigenvalue weighted by Gasteiger charge is 2.07. The lowest BCUT2D eigenvalue weighted by molar-refractivity contribution is 0.593. The Morgan fingerprint density at radius 2 is 2.20 bits per heavy atom. The van der Waals surface area contributed by atoms with Gasteiger partial charge >= 0.3 is 0 Å². The van der Waals surface area contributed by atoms with E-state index in [9.17, 15) is 0 Å². The van der Waals surface area contributed by atoms with Crippen LogP contribution in [-0.2, 0) is 0 Å². The number of rotatable bonds is 3. The molecular weight excluding hydrogens is 272 g/mol. The molecule has 0 aliphatic carbocycles. The number of aromatic nitrogens is 3. The quantitative estimate of drug-likeness (QED) is 0.595. The molecule has 0 spiro atoms. The number of oxazole rings is 1. The van der Waals surface area contributed by atoms with E-state index in [1.54, 1.807) is 23.7 Å². The number of H-pyrrole nitrogens is 1. The van der Waals surface area contributed by atoms with Gasteiger partial charge in [-0.25, -0.2) is 4.98 Å². The summed E-state index contributed by atoms with van der Waals surface area (Å²) in [5, 5.41) is 13.1. The zero-order valence-electron chi connectivity index (χ0n) is 10.3. The Bertz CT molecular complexity index is 847. The van der Waals surface area contributed by atoms with E-state index >= 15 is 0 Å². The summed E-state index contributed by atoms with van der Waals surface area (Å²) in [6.07, 6.45) is 3.51. The average molecular weight is 282 g/mol. The molecule has 0 fully saturated rings. The highest BCUT2D eigenvalue weighted by molar-refractivity contribution is 7.13. The molecule has 0 radical (unpaired) electrons.